The van der Waals surface area contributed by atoms with Crippen LogP contribution in [0.25, 0.3) is 0 Å². The van der Waals surface area contributed by atoms with Crippen molar-refractivity contribution >= 4 is 29.3 Å². The molecule has 0 bridgehead atoms. The van der Waals surface area contributed by atoms with Crippen molar-refractivity contribution in [1.29, 1.82) is 0 Å². The van der Waals surface area contributed by atoms with Gasteiger partial charge in [-0.05, 0) is 49.3 Å². The first-order valence-corrected chi connectivity index (χ1v) is 9.55. The van der Waals surface area contributed by atoms with Gasteiger partial charge in [0.15, 0.2) is 0 Å². The number of carboxylic acids is 1. The summed E-state index contributed by atoms with van der Waals surface area (Å²) in [6.45, 7) is 1.70. The summed E-state index contributed by atoms with van der Waals surface area (Å²) >= 11 is 1.35. The fraction of sp³-hybridized carbons (Fsp3) is 0.556. The number of hydrogen-bond acceptors (Lipinski definition) is 4. The van der Waals surface area contributed by atoms with Crippen LogP contribution in [0.1, 0.15) is 37.7 Å². The monoisotopic (exact) mass is 351 g/mol. The Bertz CT molecular complexity index is 544. The van der Waals surface area contributed by atoms with Crippen LogP contribution >= 0.6 is 11.8 Å². The second-order valence-electron chi connectivity index (χ2n) is 6.08. The van der Waals surface area contributed by atoms with Gasteiger partial charge in [-0.25, -0.2) is 0 Å². The third-order valence-electron chi connectivity index (χ3n) is 4.06. The minimum absolute atomic E-state index is 0.0393. The molecule has 0 aromatic heterocycles. The Morgan fingerprint density at radius 2 is 2.08 bits per heavy atom. The number of anilines is 1. The van der Waals surface area contributed by atoms with Crippen LogP contribution < -0.4 is 5.32 Å². The summed E-state index contributed by atoms with van der Waals surface area (Å²) in [5, 5.41) is 11.6. The highest BCUT2D eigenvalue weighted by Gasteiger charge is 2.14. The summed E-state index contributed by atoms with van der Waals surface area (Å²) in [5.41, 5.74) is 1.79. The Morgan fingerprint density at radius 3 is 2.83 bits per heavy atom. The van der Waals surface area contributed by atoms with Crippen LogP contribution in [0.2, 0.25) is 0 Å². The molecule has 1 heterocycles. The number of amides is 1. The van der Waals surface area contributed by atoms with E-state index in [1.807, 2.05) is 24.3 Å². The lowest BCUT2D eigenvalue weighted by molar-refractivity contribution is -0.133. The summed E-state index contributed by atoms with van der Waals surface area (Å²) in [5.74, 6) is 0.634. The van der Waals surface area contributed by atoms with Crippen LogP contribution in [0.3, 0.4) is 0 Å². The highest BCUT2D eigenvalue weighted by Crippen LogP contribution is 2.21. The molecule has 0 spiro atoms. The molecule has 1 aromatic rings. The van der Waals surface area contributed by atoms with Crippen LogP contribution in [0.4, 0.5) is 5.69 Å². The number of carboxylic acid groups (broad SMARTS) is 1. The van der Waals surface area contributed by atoms with Crippen molar-refractivity contribution in [1.82, 2.24) is 0 Å². The van der Waals surface area contributed by atoms with Gasteiger partial charge in [-0.1, -0.05) is 12.1 Å². The summed E-state index contributed by atoms with van der Waals surface area (Å²) in [6.07, 6.45) is 4.75. The molecular formula is C18H25NO4S. The van der Waals surface area contributed by atoms with E-state index < -0.39 is 5.97 Å². The average molecular weight is 351 g/mol. The SMILES string of the molecule is O=C(O)CSCc1cccc(NC(=O)CCCC2CCOCC2)c1. The molecule has 2 rings (SSSR count). The van der Waals surface area contributed by atoms with Crippen molar-refractivity contribution in [3.63, 3.8) is 0 Å². The molecule has 6 heteroatoms. The maximum atomic E-state index is 12.1. The van der Waals surface area contributed by atoms with E-state index in [2.05, 4.69) is 5.32 Å². The summed E-state index contributed by atoms with van der Waals surface area (Å²) in [4.78, 5) is 22.6. The van der Waals surface area contributed by atoms with Crippen LogP contribution in [-0.2, 0) is 20.1 Å². The summed E-state index contributed by atoms with van der Waals surface area (Å²) < 4.78 is 5.34. The van der Waals surface area contributed by atoms with E-state index >= 15 is 0 Å². The van der Waals surface area contributed by atoms with Gasteiger partial charge in [-0.15, -0.1) is 11.8 Å². The summed E-state index contributed by atoms with van der Waals surface area (Å²) in [6, 6.07) is 7.59. The maximum Gasteiger partial charge on any atom is 0.313 e. The lowest BCUT2D eigenvalue weighted by atomic mass is 9.94. The second-order valence-corrected chi connectivity index (χ2v) is 7.07. The molecule has 0 saturated carbocycles. The van der Waals surface area contributed by atoms with Gasteiger partial charge < -0.3 is 15.2 Å². The standard InChI is InChI=1S/C18H25NO4S/c20-17(6-2-3-14-7-9-23-10-8-14)19-16-5-1-4-15(11-16)12-24-13-18(21)22/h1,4-5,11,14H,2-3,6-10,12-13H2,(H,19,20)(H,21,22). The lowest BCUT2D eigenvalue weighted by Crippen LogP contribution is -2.17. The van der Waals surface area contributed by atoms with E-state index in [-0.39, 0.29) is 11.7 Å². The molecular weight excluding hydrogens is 326 g/mol. The number of thioether (sulfide) groups is 1. The number of rotatable bonds is 9. The van der Waals surface area contributed by atoms with Gasteiger partial charge in [0, 0.05) is 31.1 Å². The third-order valence-corrected chi connectivity index (χ3v) is 5.05. The van der Waals surface area contributed by atoms with Crippen LogP contribution in [-0.4, -0.2) is 35.9 Å². The molecule has 0 radical (unpaired) electrons. The molecule has 5 nitrogen and oxygen atoms in total. The molecule has 0 atom stereocenters. The Kier molecular flexibility index (Phi) is 8.12. The number of benzene rings is 1. The molecule has 1 aliphatic rings. The molecule has 1 aromatic carbocycles. The van der Waals surface area contributed by atoms with Gasteiger partial charge in [0.1, 0.15) is 0 Å². The highest BCUT2D eigenvalue weighted by atomic mass is 32.2. The van der Waals surface area contributed by atoms with Gasteiger partial charge in [-0.2, -0.15) is 0 Å². The number of aliphatic carboxylic acids is 1. The van der Waals surface area contributed by atoms with Crippen molar-refractivity contribution in [2.24, 2.45) is 5.92 Å². The third kappa shape index (κ3) is 7.36. The Balaban J connectivity index is 1.69. The van der Waals surface area contributed by atoms with Gasteiger partial charge in [0.05, 0.1) is 5.75 Å². The molecule has 2 N–H and O–H groups in total. The molecule has 1 aliphatic heterocycles. The van der Waals surface area contributed by atoms with Crippen LogP contribution in [0.15, 0.2) is 24.3 Å². The molecule has 1 saturated heterocycles. The zero-order valence-electron chi connectivity index (χ0n) is 13.8. The van der Waals surface area contributed by atoms with Crippen molar-refractivity contribution in [3.05, 3.63) is 29.8 Å². The van der Waals surface area contributed by atoms with E-state index in [0.29, 0.717) is 18.1 Å². The van der Waals surface area contributed by atoms with Gasteiger partial charge in [-0.3, -0.25) is 9.59 Å². The molecule has 0 unspecified atom stereocenters. The number of nitrogens with one attached hydrogen (secondary N) is 1. The second kappa shape index (κ2) is 10.4. The molecule has 1 fully saturated rings. The zero-order valence-corrected chi connectivity index (χ0v) is 14.6. The molecule has 1 amide bonds. The largest absolute Gasteiger partial charge is 0.481 e. The first-order chi connectivity index (χ1) is 11.6. The van der Waals surface area contributed by atoms with E-state index in [1.54, 1.807) is 0 Å². The minimum Gasteiger partial charge on any atom is -0.481 e. The normalized spacial score (nSPS) is 15.2. The maximum absolute atomic E-state index is 12.1. The topological polar surface area (TPSA) is 75.6 Å². The van der Waals surface area contributed by atoms with Crippen molar-refractivity contribution < 1.29 is 19.4 Å². The fourth-order valence-corrected chi connectivity index (χ4v) is 3.50. The van der Waals surface area contributed by atoms with E-state index in [4.69, 9.17) is 9.84 Å². The molecule has 0 aliphatic carbocycles. The lowest BCUT2D eigenvalue weighted by Gasteiger charge is -2.21. The van der Waals surface area contributed by atoms with Crippen molar-refractivity contribution in [2.45, 2.75) is 37.9 Å². The number of hydrogen-bond donors (Lipinski definition) is 2. The van der Waals surface area contributed by atoms with Crippen LogP contribution in [0, 0.1) is 5.92 Å². The van der Waals surface area contributed by atoms with Gasteiger partial charge in [0.2, 0.25) is 5.91 Å². The minimum atomic E-state index is -0.811. The molecule has 24 heavy (non-hydrogen) atoms. The number of ether oxygens (including phenoxy) is 1. The summed E-state index contributed by atoms with van der Waals surface area (Å²) in [7, 11) is 0. The zero-order chi connectivity index (χ0) is 17.2. The van der Waals surface area contributed by atoms with Gasteiger partial charge >= 0.3 is 5.97 Å². The number of carbonyl (C=O) groups is 2. The fourth-order valence-electron chi connectivity index (χ4n) is 2.80. The Labute approximate surface area is 147 Å². The molecule has 132 valence electrons. The van der Waals surface area contributed by atoms with Crippen LogP contribution in [0.5, 0.6) is 0 Å². The highest BCUT2D eigenvalue weighted by molar-refractivity contribution is 7.99. The number of carbonyl (C=O) groups excluding carboxylic acids is 1. The predicted molar refractivity (Wildman–Crippen MR) is 96.3 cm³/mol. The van der Waals surface area contributed by atoms with Crippen molar-refractivity contribution in [2.75, 3.05) is 24.3 Å². The Hall–Kier alpha value is -1.53. The first kappa shape index (κ1) is 18.8. The van der Waals surface area contributed by atoms with E-state index in [9.17, 15) is 9.59 Å². The van der Waals surface area contributed by atoms with E-state index in [1.165, 1.54) is 11.8 Å². The van der Waals surface area contributed by atoms with E-state index in [0.717, 1.165) is 50.1 Å². The van der Waals surface area contributed by atoms with Gasteiger partial charge in [0.25, 0.3) is 0 Å². The smallest absolute Gasteiger partial charge is 0.313 e. The predicted octanol–water partition coefficient (Wildman–Crippen LogP) is 3.54. The first-order valence-electron chi connectivity index (χ1n) is 8.39. The Morgan fingerprint density at radius 1 is 1.29 bits per heavy atom. The average Bonchev–Trinajstić information content (AvgIpc) is 2.56. The quantitative estimate of drug-likeness (QED) is 0.712. The van der Waals surface area contributed by atoms with Crippen molar-refractivity contribution in [3.8, 4) is 0 Å².